The van der Waals surface area contributed by atoms with Crippen LogP contribution in [0.25, 0.3) is 0 Å². The zero-order valence-electron chi connectivity index (χ0n) is 42.2. The predicted molar refractivity (Wildman–Crippen MR) is 256 cm³/mol. The third-order valence-electron chi connectivity index (χ3n) is 15.0. The molecule has 0 unspecified atom stereocenters. The highest BCUT2D eigenvalue weighted by atomic mass is 16.6. The Labute approximate surface area is 404 Å². The van der Waals surface area contributed by atoms with Crippen molar-refractivity contribution in [1.82, 2.24) is 4.90 Å². The Balaban J connectivity index is 1.70. The third kappa shape index (κ3) is 15.3. The number of aliphatic hydroxyl groups is 4. The summed E-state index contributed by atoms with van der Waals surface area (Å²) >= 11 is 0. The van der Waals surface area contributed by atoms with E-state index in [9.17, 15) is 44.4 Å². The SMILES string of the molecule is CO[C@H]1C[C@@H]2CC[C@@H](C)[C@@](O)(O2)C(=O)C(=O)N2CCCC[C@H]2C(=O)O[C@H]([C@H](C)C[C@@H]2CC[C@@H](OCCO)[C@H](CO)C2)CC(=O)[C@H](C)/C=C(\C)[C@@H](O)[C@@H](OC)C(=O)[C@H](C)C[C@H](C)/C=C/C=CC=C1C. The van der Waals surface area contributed by atoms with Crippen LogP contribution < -0.4 is 0 Å². The molecule has 3 fully saturated rings. The molecule has 3 aliphatic heterocycles. The summed E-state index contributed by atoms with van der Waals surface area (Å²) in [4.78, 5) is 72.1. The molecule has 0 aromatic heterocycles. The van der Waals surface area contributed by atoms with Gasteiger partial charge in [0.05, 0.1) is 31.5 Å². The molecule has 4 N–H and O–H groups in total. The summed E-state index contributed by atoms with van der Waals surface area (Å²) in [5.74, 6) is -8.27. The monoisotopic (exact) mass is 958 g/mol. The van der Waals surface area contributed by atoms with Crippen LogP contribution in [-0.4, -0.2) is 144 Å². The Morgan fingerprint density at radius 2 is 1.62 bits per heavy atom. The molecular formula is C53H83NO14. The number of carbonyl (C=O) groups is 5. The van der Waals surface area contributed by atoms with Gasteiger partial charge in [-0.2, -0.15) is 0 Å². The zero-order chi connectivity index (χ0) is 50.3. The molecule has 1 aliphatic carbocycles. The number of allylic oxidation sites excluding steroid dienone is 6. The van der Waals surface area contributed by atoms with Crippen LogP contribution in [0.2, 0.25) is 0 Å². The van der Waals surface area contributed by atoms with E-state index in [4.69, 9.17) is 23.7 Å². The molecule has 15 atom stereocenters. The molecule has 1 saturated carbocycles. The number of rotatable bonds is 9. The summed E-state index contributed by atoms with van der Waals surface area (Å²) in [6.07, 6.45) is 11.9. The van der Waals surface area contributed by atoms with Gasteiger partial charge >= 0.3 is 5.97 Å². The van der Waals surface area contributed by atoms with Gasteiger partial charge in [0.2, 0.25) is 5.79 Å². The van der Waals surface area contributed by atoms with Gasteiger partial charge in [0.25, 0.3) is 11.7 Å². The molecule has 3 heterocycles. The molecule has 2 bridgehead atoms. The fourth-order valence-electron chi connectivity index (χ4n) is 10.6. The highest BCUT2D eigenvalue weighted by Crippen LogP contribution is 2.39. The smallest absolute Gasteiger partial charge is 0.329 e. The molecule has 15 heteroatoms. The minimum atomic E-state index is -2.44. The van der Waals surface area contributed by atoms with Crippen LogP contribution in [0.5, 0.6) is 0 Å². The Kier molecular flexibility index (Phi) is 22.9. The van der Waals surface area contributed by atoms with Crippen molar-refractivity contribution in [2.45, 2.75) is 174 Å². The molecule has 15 nitrogen and oxygen atoms in total. The van der Waals surface area contributed by atoms with Gasteiger partial charge in [-0.25, -0.2) is 4.79 Å². The number of hydrogen-bond acceptors (Lipinski definition) is 14. The van der Waals surface area contributed by atoms with Gasteiger partial charge in [-0.1, -0.05) is 71.1 Å². The fraction of sp³-hybridized carbons (Fsp3) is 0.755. The van der Waals surface area contributed by atoms with E-state index in [0.29, 0.717) is 63.4 Å². The first-order valence-corrected chi connectivity index (χ1v) is 25.1. The van der Waals surface area contributed by atoms with Crippen LogP contribution in [0, 0.1) is 41.4 Å². The zero-order valence-corrected chi connectivity index (χ0v) is 42.2. The lowest BCUT2D eigenvalue weighted by Crippen LogP contribution is -2.61. The lowest BCUT2D eigenvalue weighted by atomic mass is 9.75. The maximum Gasteiger partial charge on any atom is 0.329 e. The van der Waals surface area contributed by atoms with Gasteiger partial charge < -0.3 is 49.0 Å². The van der Waals surface area contributed by atoms with E-state index in [1.807, 2.05) is 58.1 Å². The van der Waals surface area contributed by atoms with Gasteiger partial charge in [-0.15, -0.1) is 0 Å². The van der Waals surface area contributed by atoms with Crippen molar-refractivity contribution < 1.29 is 68.1 Å². The number of aliphatic hydroxyl groups excluding tert-OH is 3. The molecule has 0 spiro atoms. The first-order chi connectivity index (χ1) is 32.3. The second-order valence-corrected chi connectivity index (χ2v) is 20.3. The van der Waals surface area contributed by atoms with E-state index in [-0.39, 0.29) is 80.5 Å². The largest absolute Gasteiger partial charge is 0.460 e. The van der Waals surface area contributed by atoms with Crippen molar-refractivity contribution in [3.63, 3.8) is 0 Å². The van der Waals surface area contributed by atoms with E-state index in [0.717, 1.165) is 12.0 Å². The van der Waals surface area contributed by atoms with E-state index in [2.05, 4.69) is 0 Å². The number of ketones is 3. The number of hydrogen-bond donors (Lipinski definition) is 4. The Bertz CT molecular complexity index is 1810. The van der Waals surface area contributed by atoms with Gasteiger partial charge in [-0.05, 0) is 107 Å². The molecular weight excluding hydrogens is 875 g/mol. The second-order valence-electron chi connectivity index (χ2n) is 20.3. The average molecular weight is 958 g/mol. The molecule has 384 valence electrons. The number of nitrogens with zero attached hydrogens (tertiary/aromatic N) is 1. The number of Topliss-reactive ketones (excluding diaryl/α,β-unsaturated/α-hetero) is 3. The van der Waals surface area contributed by atoms with E-state index < -0.39 is 77.8 Å². The third-order valence-corrected chi connectivity index (χ3v) is 15.0. The maximum atomic E-state index is 14.4. The van der Waals surface area contributed by atoms with E-state index in [1.54, 1.807) is 34.0 Å². The summed E-state index contributed by atoms with van der Waals surface area (Å²) < 4.78 is 29.7. The Hall–Kier alpha value is -3.41. The van der Waals surface area contributed by atoms with Gasteiger partial charge in [-0.3, -0.25) is 19.2 Å². The summed E-state index contributed by atoms with van der Waals surface area (Å²) in [6.45, 7) is 12.7. The Morgan fingerprint density at radius 3 is 2.29 bits per heavy atom. The van der Waals surface area contributed by atoms with E-state index in [1.165, 1.54) is 12.0 Å². The summed E-state index contributed by atoms with van der Waals surface area (Å²) in [5, 5.41) is 43.0. The summed E-state index contributed by atoms with van der Waals surface area (Å²) in [6, 6.07) is -1.16. The number of esters is 1. The van der Waals surface area contributed by atoms with Crippen LogP contribution >= 0.6 is 0 Å². The van der Waals surface area contributed by atoms with Gasteiger partial charge in [0.15, 0.2) is 5.78 Å². The summed E-state index contributed by atoms with van der Waals surface area (Å²) in [5.41, 5.74) is 1.25. The number of methoxy groups -OCH3 is 2. The van der Waals surface area contributed by atoms with Crippen LogP contribution in [0.4, 0.5) is 0 Å². The fourth-order valence-corrected chi connectivity index (χ4v) is 10.6. The number of cyclic esters (lactones) is 1. The first kappa shape index (κ1) is 57.2. The predicted octanol–water partition coefficient (Wildman–Crippen LogP) is 5.79. The average Bonchev–Trinajstić information content (AvgIpc) is 3.32. The quantitative estimate of drug-likeness (QED) is 0.122. The number of piperidine rings is 1. The molecule has 2 saturated heterocycles. The van der Waals surface area contributed by atoms with Crippen molar-refractivity contribution in [3.05, 3.63) is 47.6 Å². The highest BCUT2D eigenvalue weighted by molar-refractivity contribution is 6.39. The molecule has 0 aromatic rings. The molecule has 4 rings (SSSR count). The van der Waals surface area contributed by atoms with Gasteiger partial charge in [0.1, 0.15) is 30.1 Å². The van der Waals surface area contributed by atoms with Crippen molar-refractivity contribution in [2.24, 2.45) is 41.4 Å². The standard InChI is InChI=1S/C53H83NO14/c1-32-15-11-10-12-16-33(2)45(64-8)29-41-20-18-38(7)53(63,68-41)50(60)51(61)54-22-14-13-17-42(54)52(62)67-46(35(4)27-39-19-21-44(66-24-23-55)40(28-39)31-56)30-43(57)34(3)26-37(6)48(59)49(65-9)47(58)36(5)25-32/h10-12,15-16,26,32,34-36,38-42,44-46,48-49,55-56,59,63H,13-14,17-25,27-31H2,1-9H3/b12-10?,15-11+,33-16?,37-26+/t32-,34-,35-,36-,38-,39+,40+,41+,42+,44-,45+,46+,48-,49+,53-/m1/s1. The van der Waals surface area contributed by atoms with Crippen LogP contribution in [-0.2, 0) is 47.7 Å². The normalized spacial score (nSPS) is 37.9. The molecule has 68 heavy (non-hydrogen) atoms. The minimum Gasteiger partial charge on any atom is -0.460 e. The van der Waals surface area contributed by atoms with Crippen molar-refractivity contribution in [3.8, 4) is 0 Å². The van der Waals surface area contributed by atoms with Gasteiger partial charge in [0, 0.05) is 63.9 Å². The summed E-state index contributed by atoms with van der Waals surface area (Å²) in [7, 11) is 2.95. The molecule has 1 amide bonds. The van der Waals surface area contributed by atoms with Crippen molar-refractivity contribution >= 4 is 29.2 Å². The van der Waals surface area contributed by atoms with Crippen LogP contribution in [0.1, 0.15) is 126 Å². The van der Waals surface area contributed by atoms with Crippen molar-refractivity contribution in [2.75, 3.05) is 40.6 Å². The van der Waals surface area contributed by atoms with Crippen LogP contribution in [0.3, 0.4) is 0 Å². The van der Waals surface area contributed by atoms with E-state index >= 15 is 0 Å². The van der Waals surface area contributed by atoms with Crippen LogP contribution in [0.15, 0.2) is 47.6 Å². The molecule has 0 radical (unpaired) electrons. The molecule has 4 aliphatic rings. The lowest BCUT2D eigenvalue weighted by molar-refractivity contribution is -0.265. The van der Waals surface area contributed by atoms with Crippen molar-refractivity contribution in [1.29, 1.82) is 0 Å². The Morgan fingerprint density at radius 1 is 0.882 bits per heavy atom. The lowest BCUT2D eigenvalue weighted by Gasteiger charge is -2.42. The topological polar surface area (TPSA) is 216 Å². The second kappa shape index (κ2) is 27.3. The number of fused-ring (bicyclic) bond motifs is 3. The number of ether oxygens (including phenoxy) is 5. The molecule has 0 aromatic carbocycles. The number of carbonyl (C=O) groups excluding carboxylic acids is 5. The first-order valence-electron chi connectivity index (χ1n) is 25.1. The highest BCUT2D eigenvalue weighted by Gasteiger charge is 2.53. The number of amides is 1. The maximum absolute atomic E-state index is 14.4. The minimum absolute atomic E-state index is 0.0109.